The Hall–Kier alpha value is -2.50. The molecule has 0 radical (unpaired) electrons. The third-order valence-corrected chi connectivity index (χ3v) is 4.36. The van der Waals surface area contributed by atoms with Crippen LogP contribution in [0, 0.1) is 5.92 Å². The average molecular weight is 326 g/mol. The van der Waals surface area contributed by atoms with Crippen molar-refractivity contribution in [1.82, 2.24) is 15.0 Å². The molecule has 1 aliphatic rings. The molecule has 0 amide bonds. The lowest BCUT2D eigenvalue weighted by Crippen LogP contribution is -2.37. The van der Waals surface area contributed by atoms with Crippen molar-refractivity contribution in [2.75, 3.05) is 18.0 Å². The van der Waals surface area contributed by atoms with Gasteiger partial charge in [-0.25, -0.2) is 9.97 Å². The number of anilines is 1. The third-order valence-electron chi connectivity index (χ3n) is 4.36. The van der Waals surface area contributed by atoms with Crippen molar-refractivity contribution in [3.8, 4) is 11.4 Å². The molecule has 0 unspecified atom stereocenters. The zero-order valence-corrected chi connectivity index (χ0v) is 13.9. The van der Waals surface area contributed by atoms with Crippen LogP contribution < -0.4 is 4.90 Å². The van der Waals surface area contributed by atoms with E-state index < -0.39 is 5.97 Å². The molecule has 24 heavy (non-hydrogen) atoms. The monoisotopic (exact) mass is 326 g/mol. The fraction of sp³-hybridized carbons (Fsp3) is 0.444. The van der Waals surface area contributed by atoms with Crippen molar-refractivity contribution in [2.24, 2.45) is 5.92 Å². The van der Waals surface area contributed by atoms with E-state index in [0.717, 1.165) is 29.9 Å². The van der Waals surface area contributed by atoms with E-state index in [9.17, 15) is 4.79 Å². The summed E-state index contributed by atoms with van der Waals surface area (Å²) < 4.78 is 0. The summed E-state index contributed by atoms with van der Waals surface area (Å²) >= 11 is 0. The number of pyridine rings is 1. The van der Waals surface area contributed by atoms with Gasteiger partial charge in [-0.15, -0.1) is 0 Å². The second-order valence-corrected chi connectivity index (χ2v) is 6.13. The molecule has 0 spiro atoms. The van der Waals surface area contributed by atoms with Crippen LogP contribution in [0.2, 0.25) is 0 Å². The van der Waals surface area contributed by atoms with E-state index in [0.29, 0.717) is 31.8 Å². The third kappa shape index (κ3) is 3.69. The lowest BCUT2D eigenvalue weighted by molar-refractivity contribution is -0.142. The van der Waals surface area contributed by atoms with Gasteiger partial charge in [-0.2, -0.15) is 0 Å². The van der Waals surface area contributed by atoms with Crippen molar-refractivity contribution in [1.29, 1.82) is 0 Å². The molecular weight excluding hydrogens is 304 g/mol. The summed E-state index contributed by atoms with van der Waals surface area (Å²) in [7, 11) is 0. The molecule has 1 fully saturated rings. The number of carboxylic acid groups (broad SMARTS) is 1. The lowest BCUT2D eigenvalue weighted by atomic mass is 9.97. The molecule has 6 nitrogen and oxygen atoms in total. The Morgan fingerprint density at radius 1 is 1.33 bits per heavy atom. The number of hydrogen-bond donors (Lipinski definition) is 1. The average Bonchev–Trinajstić information content (AvgIpc) is 2.62. The molecular formula is C18H22N4O2. The van der Waals surface area contributed by atoms with E-state index in [2.05, 4.69) is 21.8 Å². The Morgan fingerprint density at radius 2 is 2.12 bits per heavy atom. The van der Waals surface area contributed by atoms with Crippen molar-refractivity contribution < 1.29 is 9.90 Å². The van der Waals surface area contributed by atoms with Gasteiger partial charge in [-0.05, 0) is 31.4 Å². The molecule has 126 valence electrons. The highest BCUT2D eigenvalue weighted by Crippen LogP contribution is 2.25. The summed E-state index contributed by atoms with van der Waals surface area (Å²) in [6, 6.07) is 5.87. The lowest BCUT2D eigenvalue weighted by Gasteiger charge is -2.31. The van der Waals surface area contributed by atoms with Gasteiger partial charge in [-0.1, -0.05) is 13.3 Å². The molecule has 3 rings (SSSR count). The van der Waals surface area contributed by atoms with Gasteiger partial charge in [0.2, 0.25) is 0 Å². The Kier molecular flexibility index (Phi) is 5.03. The molecule has 0 saturated carbocycles. The van der Waals surface area contributed by atoms with Crippen LogP contribution in [0.3, 0.4) is 0 Å². The van der Waals surface area contributed by atoms with Gasteiger partial charge >= 0.3 is 5.97 Å². The number of nitrogens with zero attached hydrogens (tertiary/aromatic N) is 4. The number of rotatable bonds is 5. The van der Waals surface area contributed by atoms with E-state index in [-0.39, 0.29) is 5.92 Å². The van der Waals surface area contributed by atoms with Crippen LogP contribution in [-0.2, 0) is 11.2 Å². The highest BCUT2D eigenvalue weighted by Gasteiger charge is 2.25. The fourth-order valence-corrected chi connectivity index (χ4v) is 3.01. The van der Waals surface area contributed by atoms with Crippen molar-refractivity contribution in [2.45, 2.75) is 32.6 Å². The molecule has 2 aromatic rings. The summed E-state index contributed by atoms with van der Waals surface area (Å²) in [5.74, 6) is 0.636. The van der Waals surface area contributed by atoms with Crippen LogP contribution in [0.25, 0.3) is 11.4 Å². The van der Waals surface area contributed by atoms with Crippen LogP contribution in [0.1, 0.15) is 31.9 Å². The molecule has 3 heterocycles. The second-order valence-electron chi connectivity index (χ2n) is 6.13. The number of aryl methyl sites for hydroxylation is 1. The molecule has 0 atom stereocenters. The molecule has 1 N–H and O–H groups in total. The predicted octanol–water partition coefficient (Wildman–Crippen LogP) is 2.79. The standard InChI is InChI=1S/C18H22N4O2/c1-2-4-15-11-16(22-9-6-13(7-10-22)18(23)24)21-17(20-15)14-5-3-8-19-12-14/h3,5,8,11-13H,2,4,6-7,9-10H2,1H3,(H,23,24). The van der Waals surface area contributed by atoms with Gasteiger partial charge in [0, 0.05) is 42.8 Å². The van der Waals surface area contributed by atoms with E-state index in [4.69, 9.17) is 10.1 Å². The topological polar surface area (TPSA) is 79.2 Å². The van der Waals surface area contributed by atoms with Crippen molar-refractivity contribution >= 4 is 11.8 Å². The zero-order valence-electron chi connectivity index (χ0n) is 13.9. The fourth-order valence-electron chi connectivity index (χ4n) is 3.01. The van der Waals surface area contributed by atoms with Crippen LogP contribution in [0.5, 0.6) is 0 Å². The molecule has 2 aromatic heterocycles. The maximum atomic E-state index is 11.1. The highest BCUT2D eigenvalue weighted by molar-refractivity contribution is 5.70. The first-order valence-corrected chi connectivity index (χ1v) is 8.43. The zero-order chi connectivity index (χ0) is 16.9. The highest BCUT2D eigenvalue weighted by atomic mass is 16.4. The number of aliphatic carboxylic acids is 1. The number of carbonyl (C=O) groups is 1. The minimum absolute atomic E-state index is 0.240. The Balaban J connectivity index is 1.87. The minimum atomic E-state index is -0.694. The van der Waals surface area contributed by atoms with Crippen LogP contribution in [0.4, 0.5) is 5.82 Å². The molecule has 0 aliphatic carbocycles. The van der Waals surface area contributed by atoms with Gasteiger partial charge in [0.25, 0.3) is 0 Å². The van der Waals surface area contributed by atoms with Crippen molar-refractivity contribution in [3.05, 3.63) is 36.3 Å². The van der Waals surface area contributed by atoms with E-state index in [1.54, 1.807) is 12.4 Å². The van der Waals surface area contributed by atoms with Crippen molar-refractivity contribution in [3.63, 3.8) is 0 Å². The first-order valence-electron chi connectivity index (χ1n) is 8.43. The van der Waals surface area contributed by atoms with E-state index in [1.807, 2.05) is 18.2 Å². The normalized spacial score (nSPS) is 15.5. The molecule has 0 aromatic carbocycles. The van der Waals surface area contributed by atoms with Crippen LogP contribution in [0.15, 0.2) is 30.6 Å². The van der Waals surface area contributed by atoms with E-state index >= 15 is 0 Å². The molecule has 1 saturated heterocycles. The largest absolute Gasteiger partial charge is 0.481 e. The summed E-state index contributed by atoms with van der Waals surface area (Å²) in [5, 5.41) is 9.15. The first-order chi connectivity index (χ1) is 11.7. The van der Waals surface area contributed by atoms with Gasteiger partial charge in [-0.3, -0.25) is 9.78 Å². The molecule has 1 aliphatic heterocycles. The second kappa shape index (κ2) is 7.38. The quantitative estimate of drug-likeness (QED) is 0.910. The van der Waals surface area contributed by atoms with Crippen LogP contribution in [-0.4, -0.2) is 39.1 Å². The number of carboxylic acids is 1. The Morgan fingerprint density at radius 3 is 2.75 bits per heavy atom. The maximum Gasteiger partial charge on any atom is 0.306 e. The van der Waals surface area contributed by atoms with Crippen LogP contribution >= 0.6 is 0 Å². The smallest absolute Gasteiger partial charge is 0.306 e. The number of piperidine rings is 1. The maximum absolute atomic E-state index is 11.1. The Bertz CT molecular complexity index is 697. The van der Waals surface area contributed by atoms with E-state index in [1.165, 1.54) is 0 Å². The van der Waals surface area contributed by atoms with Gasteiger partial charge in [0.05, 0.1) is 5.92 Å². The predicted molar refractivity (Wildman–Crippen MR) is 91.8 cm³/mol. The Labute approximate surface area is 141 Å². The number of aromatic nitrogens is 3. The van der Waals surface area contributed by atoms with Gasteiger partial charge < -0.3 is 10.0 Å². The summed E-state index contributed by atoms with van der Waals surface area (Å²) in [5.41, 5.74) is 1.92. The number of hydrogen-bond acceptors (Lipinski definition) is 5. The molecule has 0 bridgehead atoms. The van der Waals surface area contributed by atoms with Gasteiger partial charge in [0.15, 0.2) is 5.82 Å². The van der Waals surface area contributed by atoms with Gasteiger partial charge in [0.1, 0.15) is 5.82 Å². The first kappa shape index (κ1) is 16.4. The summed E-state index contributed by atoms with van der Waals surface area (Å²) in [4.78, 5) is 26.8. The summed E-state index contributed by atoms with van der Waals surface area (Å²) in [6.45, 7) is 3.56. The minimum Gasteiger partial charge on any atom is -0.481 e. The SMILES string of the molecule is CCCc1cc(N2CCC(C(=O)O)CC2)nc(-c2cccnc2)n1. The molecule has 6 heteroatoms. The summed E-state index contributed by atoms with van der Waals surface area (Å²) in [6.07, 6.45) is 6.73.